The molecule has 6 nitrogen and oxygen atoms in total. The maximum Gasteiger partial charge on any atom is 0.212 e. The van der Waals surface area contributed by atoms with Crippen LogP contribution in [0.3, 0.4) is 0 Å². The molecule has 26 heavy (non-hydrogen) atoms. The van der Waals surface area contributed by atoms with Crippen LogP contribution < -0.4 is 20.1 Å². The predicted molar refractivity (Wildman–Crippen MR) is 114 cm³/mol. The van der Waals surface area contributed by atoms with Gasteiger partial charge in [0.2, 0.25) is 5.88 Å². The van der Waals surface area contributed by atoms with Crippen LogP contribution in [0.15, 0.2) is 47.6 Å². The van der Waals surface area contributed by atoms with Crippen LogP contribution in [0.5, 0.6) is 11.6 Å². The monoisotopic (exact) mass is 468 g/mol. The first kappa shape index (κ1) is 20.3. The molecule has 7 heteroatoms. The Hall–Kier alpha value is -2.03. The second-order valence-electron chi connectivity index (χ2n) is 5.84. The average Bonchev–Trinajstić information content (AvgIpc) is 3.07. The first-order valence-corrected chi connectivity index (χ1v) is 8.54. The number of benzene rings is 1. The van der Waals surface area contributed by atoms with Crippen molar-refractivity contribution in [2.24, 2.45) is 4.99 Å². The largest absolute Gasteiger partial charge is 0.488 e. The second-order valence-corrected chi connectivity index (χ2v) is 5.84. The van der Waals surface area contributed by atoms with Gasteiger partial charge >= 0.3 is 0 Å². The van der Waals surface area contributed by atoms with Gasteiger partial charge in [-0.3, -0.25) is 0 Å². The Bertz CT molecular complexity index is 697. The Morgan fingerprint density at radius 3 is 2.81 bits per heavy atom. The first-order chi connectivity index (χ1) is 12.3. The average molecular weight is 468 g/mol. The van der Waals surface area contributed by atoms with Gasteiger partial charge in [-0.1, -0.05) is 24.3 Å². The summed E-state index contributed by atoms with van der Waals surface area (Å²) >= 11 is 0. The topological polar surface area (TPSA) is 67.8 Å². The Morgan fingerprint density at radius 1 is 1.27 bits per heavy atom. The number of fused-ring (bicyclic) bond motifs is 1. The number of aliphatic imine (C=N–C) groups is 1. The van der Waals surface area contributed by atoms with E-state index >= 15 is 0 Å². The van der Waals surface area contributed by atoms with E-state index in [-0.39, 0.29) is 30.1 Å². The van der Waals surface area contributed by atoms with E-state index in [9.17, 15) is 0 Å². The van der Waals surface area contributed by atoms with Crippen LogP contribution in [0.4, 0.5) is 0 Å². The smallest absolute Gasteiger partial charge is 0.212 e. The maximum atomic E-state index is 5.95. The van der Waals surface area contributed by atoms with Gasteiger partial charge in [0.1, 0.15) is 11.9 Å². The van der Waals surface area contributed by atoms with Crippen molar-refractivity contribution in [3.63, 3.8) is 0 Å². The van der Waals surface area contributed by atoms with Crippen molar-refractivity contribution < 1.29 is 9.47 Å². The summed E-state index contributed by atoms with van der Waals surface area (Å²) in [4.78, 5) is 8.81. The highest BCUT2D eigenvalue weighted by molar-refractivity contribution is 14.0. The molecule has 3 rings (SSSR count). The molecule has 0 aliphatic carbocycles. The summed E-state index contributed by atoms with van der Waals surface area (Å²) in [5.41, 5.74) is 2.29. The van der Waals surface area contributed by atoms with Crippen LogP contribution in [-0.2, 0) is 13.0 Å². The zero-order valence-electron chi connectivity index (χ0n) is 15.1. The summed E-state index contributed by atoms with van der Waals surface area (Å²) in [5, 5.41) is 6.62. The second kappa shape index (κ2) is 10.2. The van der Waals surface area contributed by atoms with E-state index in [0.717, 1.165) is 30.2 Å². The maximum absolute atomic E-state index is 5.95. The van der Waals surface area contributed by atoms with E-state index in [1.165, 1.54) is 5.56 Å². The summed E-state index contributed by atoms with van der Waals surface area (Å²) in [6.07, 6.45) is 2.83. The SMILES string of the molecule is CCNC(=NCc1ccc(OC)nc1)NCC1Cc2ccccc2O1.I. The van der Waals surface area contributed by atoms with Gasteiger partial charge < -0.3 is 20.1 Å². The van der Waals surface area contributed by atoms with Crippen LogP contribution in [0.1, 0.15) is 18.1 Å². The van der Waals surface area contributed by atoms with Gasteiger partial charge in [0.05, 0.1) is 20.2 Å². The van der Waals surface area contributed by atoms with Gasteiger partial charge in [-0.25, -0.2) is 9.98 Å². The highest BCUT2D eigenvalue weighted by atomic mass is 127. The minimum atomic E-state index is 0. The lowest BCUT2D eigenvalue weighted by Crippen LogP contribution is -2.42. The fourth-order valence-electron chi connectivity index (χ4n) is 2.72. The van der Waals surface area contributed by atoms with Crippen LogP contribution in [0, 0.1) is 0 Å². The molecule has 1 aromatic heterocycles. The van der Waals surface area contributed by atoms with E-state index in [0.29, 0.717) is 19.0 Å². The van der Waals surface area contributed by atoms with Crippen LogP contribution in [-0.4, -0.2) is 37.2 Å². The number of methoxy groups -OCH3 is 1. The zero-order chi connectivity index (χ0) is 17.5. The van der Waals surface area contributed by atoms with Crippen molar-refractivity contribution >= 4 is 29.9 Å². The third kappa shape index (κ3) is 5.48. The summed E-state index contributed by atoms with van der Waals surface area (Å²) < 4.78 is 11.0. The van der Waals surface area contributed by atoms with Crippen molar-refractivity contribution in [3.05, 3.63) is 53.7 Å². The van der Waals surface area contributed by atoms with Crippen molar-refractivity contribution in [3.8, 4) is 11.6 Å². The molecule has 2 aromatic rings. The number of para-hydroxylation sites is 1. The molecule has 1 aromatic carbocycles. The number of guanidine groups is 1. The molecule has 2 heterocycles. The van der Waals surface area contributed by atoms with E-state index in [1.807, 2.05) is 37.3 Å². The van der Waals surface area contributed by atoms with Crippen molar-refractivity contribution in [2.45, 2.75) is 26.0 Å². The van der Waals surface area contributed by atoms with Crippen molar-refractivity contribution in [1.29, 1.82) is 0 Å². The van der Waals surface area contributed by atoms with Gasteiger partial charge in [0.15, 0.2) is 5.96 Å². The third-order valence-electron chi connectivity index (χ3n) is 3.98. The fraction of sp³-hybridized carbons (Fsp3) is 0.368. The van der Waals surface area contributed by atoms with Gasteiger partial charge in [-0.15, -0.1) is 24.0 Å². The molecule has 0 amide bonds. The van der Waals surface area contributed by atoms with Gasteiger partial charge in [0, 0.05) is 25.2 Å². The summed E-state index contributed by atoms with van der Waals surface area (Å²) in [7, 11) is 1.61. The molecule has 0 saturated heterocycles. The van der Waals surface area contributed by atoms with Crippen molar-refractivity contribution in [2.75, 3.05) is 20.2 Å². The molecule has 1 aliphatic heterocycles. The molecule has 1 unspecified atom stereocenters. The van der Waals surface area contributed by atoms with Crippen molar-refractivity contribution in [1.82, 2.24) is 15.6 Å². The summed E-state index contributed by atoms with van der Waals surface area (Å²) in [5.74, 6) is 2.37. The molecule has 0 fully saturated rings. The Labute approximate surface area is 171 Å². The highest BCUT2D eigenvalue weighted by Gasteiger charge is 2.22. The number of halogens is 1. The summed E-state index contributed by atoms with van der Waals surface area (Å²) in [6.45, 7) is 4.12. The fourth-order valence-corrected chi connectivity index (χ4v) is 2.72. The quantitative estimate of drug-likeness (QED) is 0.388. The third-order valence-corrected chi connectivity index (χ3v) is 3.98. The van der Waals surface area contributed by atoms with Gasteiger partial charge in [0.25, 0.3) is 0 Å². The molecular weight excluding hydrogens is 443 g/mol. The van der Waals surface area contributed by atoms with E-state index in [4.69, 9.17) is 9.47 Å². The number of nitrogens with zero attached hydrogens (tertiary/aromatic N) is 2. The Balaban J connectivity index is 0.00000243. The molecule has 0 radical (unpaired) electrons. The highest BCUT2D eigenvalue weighted by Crippen LogP contribution is 2.27. The minimum Gasteiger partial charge on any atom is -0.488 e. The molecule has 0 saturated carbocycles. The molecular formula is C19H25IN4O2. The van der Waals surface area contributed by atoms with Gasteiger partial charge in [-0.05, 0) is 24.1 Å². The number of aromatic nitrogens is 1. The molecule has 1 atom stereocenters. The predicted octanol–water partition coefficient (Wildman–Crippen LogP) is 2.77. The lowest BCUT2D eigenvalue weighted by atomic mass is 10.1. The standard InChI is InChI=1S/C19H24N4O2.HI/c1-3-20-19(22-12-14-8-9-18(24-2)21-11-14)23-13-16-10-15-6-4-5-7-17(15)25-16;/h4-9,11,16H,3,10,12-13H2,1-2H3,(H2,20,22,23);1H. The molecule has 0 spiro atoms. The lowest BCUT2D eigenvalue weighted by molar-refractivity contribution is 0.235. The lowest BCUT2D eigenvalue weighted by Gasteiger charge is -2.15. The minimum absolute atomic E-state index is 0. The number of rotatable bonds is 6. The first-order valence-electron chi connectivity index (χ1n) is 8.54. The van der Waals surface area contributed by atoms with E-state index in [2.05, 4.69) is 26.7 Å². The van der Waals surface area contributed by atoms with E-state index < -0.39 is 0 Å². The number of nitrogens with one attached hydrogen (secondary N) is 2. The number of pyridine rings is 1. The number of ether oxygens (including phenoxy) is 2. The molecule has 1 aliphatic rings. The molecule has 0 bridgehead atoms. The zero-order valence-corrected chi connectivity index (χ0v) is 17.4. The number of hydrogen-bond acceptors (Lipinski definition) is 4. The van der Waals surface area contributed by atoms with E-state index in [1.54, 1.807) is 13.3 Å². The molecule has 2 N–H and O–H groups in total. The van der Waals surface area contributed by atoms with Crippen LogP contribution in [0.2, 0.25) is 0 Å². The Morgan fingerprint density at radius 2 is 2.12 bits per heavy atom. The van der Waals surface area contributed by atoms with Crippen LogP contribution >= 0.6 is 24.0 Å². The Kier molecular flexibility index (Phi) is 7.96. The summed E-state index contributed by atoms with van der Waals surface area (Å²) in [6, 6.07) is 12.0. The number of hydrogen-bond donors (Lipinski definition) is 2. The molecule has 140 valence electrons. The van der Waals surface area contributed by atoms with Crippen LogP contribution in [0.25, 0.3) is 0 Å². The van der Waals surface area contributed by atoms with Gasteiger partial charge in [-0.2, -0.15) is 0 Å². The normalized spacial score (nSPS) is 15.5.